The Morgan fingerprint density at radius 1 is 1.00 bits per heavy atom. The molecule has 0 aliphatic carbocycles. The molecule has 2 aromatic carbocycles. The highest BCUT2D eigenvalue weighted by Crippen LogP contribution is 2.28. The van der Waals surface area contributed by atoms with E-state index in [1.165, 1.54) is 5.56 Å². The van der Waals surface area contributed by atoms with Crippen molar-refractivity contribution in [3.8, 4) is 0 Å². The molecular weight excluding hydrogens is 322 g/mol. The van der Waals surface area contributed by atoms with Crippen molar-refractivity contribution in [3.05, 3.63) is 69.2 Å². The fraction of sp³-hybridized carbons (Fsp3) is 0.250. The summed E-state index contributed by atoms with van der Waals surface area (Å²) in [7, 11) is 0. The topological polar surface area (TPSA) is 12.0 Å². The van der Waals surface area contributed by atoms with Gasteiger partial charge in [0.1, 0.15) is 0 Å². The van der Waals surface area contributed by atoms with Crippen LogP contribution in [0.4, 0.5) is 0 Å². The van der Waals surface area contributed by atoms with E-state index in [0.717, 1.165) is 15.1 Å². The van der Waals surface area contributed by atoms with Crippen molar-refractivity contribution < 1.29 is 0 Å². The summed E-state index contributed by atoms with van der Waals surface area (Å²) in [4.78, 5) is 0. The van der Waals surface area contributed by atoms with Gasteiger partial charge in [-0.2, -0.15) is 0 Å². The Labute approximate surface area is 128 Å². The summed E-state index contributed by atoms with van der Waals surface area (Å²) in [5.41, 5.74) is 2.40. The van der Waals surface area contributed by atoms with Crippen LogP contribution < -0.4 is 5.32 Å². The van der Waals surface area contributed by atoms with Crippen LogP contribution in [0.15, 0.2) is 53.0 Å². The molecule has 0 bridgehead atoms. The molecule has 0 aliphatic rings. The second kappa shape index (κ2) is 6.56. The number of hydrogen-bond donors (Lipinski definition) is 1. The standard InChI is InChI=1S/C16H17BrClN/c1-11(13-6-4-3-5-7-13)19-12(2)15-9-8-14(17)10-16(15)18/h3-12,19H,1-2H3/t11-,12?/m1/s1. The van der Waals surface area contributed by atoms with Crippen LogP contribution >= 0.6 is 27.5 Å². The predicted molar refractivity (Wildman–Crippen MR) is 85.6 cm³/mol. The first-order valence-electron chi connectivity index (χ1n) is 6.34. The van der Waals surface area contributed by atoms with Gasteiger partial charge in [0, 0.05) is 21.6 Å². The number of nitrogens with one attached hydrogen (secondary N) is 1. The molecule has 0 radical (unpaired) electrons. The highest BCUT2D eigenvalue weighted by molar-refractivity contribution is 9.10. The van der Waals surface area contributed by atoms with E-state index < -0.39 is 0 Å². The number of rotatable bonds is 4. The first-order valence-corrected chi connectivity index (χ1v) is 7.51. The zero-order valence-corrected chi connectivity index (χ0v) is 13.4. The Bertz CT molecular complexity index is 542. The fourth-order valence-electron chi connectivity index (χ4n) is 2.16. The molecule has 2 aromatic rings. The van der Waals surface area contributed by atoms with E-state index in [9.17, 15) is 0 Å². The van der Waals surface area contributed by atoms with Crippen molar-refractivity contribution in [2.24, 2.45) is 0 Å². The molecule has 0 saturated carbocycles. The molecule has 1 nitrogen and oxygen atoms in total. The van der Waals surface area contributed by atoms with Gasteiger partial charge >= 0.3 is 0 Å². The van der Waals surface area contributed by atoms with Crippen molar-refractivity contribution >= 4 is 27.5 Å². The molecule has 19 heavy (non-hydrogen) atoms. The minimum absolute atomic E-state index is 0.204. The van der Waals surface area contributed by atoms with Gasteiger partial charge in [0.25, 0.3) is 0 Å². The predicted octanol–water partition coefficient (Wildman–Crippen LogP) is 5.51. The lowest BCUT2D eigenvalue weighted by atomic mass is 10.0. The van der Waals surface area contributed by atoms with Gasteiger partial charge in [-0.15, -0.1) is 0 Å². The third-order valence-electron chi connectivity index (χ3n) is 3.23. The minimum Gasteiger partial charge on any atom is -0.304 e. The van der Waals surface area contributed by atoms with E-state index in [0.29, 0.717) is 0 Å². The van der Waals surface area contributed by atoms with Crippen LogP contribution in [0.3, 0.4) is 0 Å². The van der Waals surface area contributed by atoms with Crippen LogP contribution in [0.2, 0.25) is 5.02 Å². The van der Waals surface area contributed by atoms with Crippen LogP contribution in [0.5, 0.6) is 0 Å². The third kappa shape index (κ3) is 3.82. The van der Waals surface area contributed by atoms with Crippen LogP contribution in [-0.4, -0.2) is 0 Å². The van der Waals surface area contributed by atoms with Crippen molar-refractivity contribution in [2.45, 2.75) is 25.9 Å². The Hall–Kier alpha value is -0.830. The summed E-state index contributed by atoms with van der Waals surface area (Å²) >= 11 is 9.71. The second-order valence-electron chi connectivity index (χ2n) is 4.69. The van der Waals surface area contributed by atoms with Gasteiger partial charge in [-0.05, 0) is 37.1 Å². The Morgan fingerprint density at radius 3 is 2.32 bits per heavy atom. The van der Waals surface area contributed by atoms with Gasteiger partial charge < -0.3 is 5.32 Å². The Balaban J connectivity index is 2.10. The smallest absolute Gasteiger partial charge is 0.0464 e. The van der Waals surface area contributed by atoms with E-state index in [4.69, 9.17) is 11.6 Å². The average molecular weight is 339 g/mol. The molecule has 1 N–H and O–H groups in total. The Morgan fingerprint density at radius 2 is 1.68 bits per heavy atom. The zero-order valence-electron chi connectivity index (χ0n) is 11.0. The summed E-state index contributed by atoms with van der Waals surface area (Å²) in [6.07, 6.45) is 0. The average Bonchev–Trinajstić information content (AvgIpc) is 2.39. The van der Waals surface area contributed by atoms with Crippen LogP contribution in [-0.2, 0) is 0 Å². The van der Waals surface area contributed by atoms with E-state index in [1.54, 1.807) is 0 Å². The van der Waals surface area contributed by atoms with Crippen molar-refractivity contribution in [1.29, 1.82) is 0 Å². The van der Waals surface area contributed by atoms with Crippen LogP contribution in [0.25, 0.3) is 0 Å². The highest BCUT2D eigenvalue weighted by Gasteiger charge is 2.13. The number of benzene rings is 2. The van der Waals surface area contributed by atoms with Gasteiger partial charge in [-0.25, -0.2) is 0 Å². The maximum absolute atomic E-state index is 6.28. The van der Waals surface area contributed by atoms with Gasteiger partial charge in [0.05, 0.1) is 0 Å². The normalized spacial score (nSPS) is 14.1. The SMILES string of the molecule is CC(N[C@H](C)c1ccccc1)c1ccc(Br)cc1Cl. The first kappa shape index (κ1) is 14.6. The quantitative estimate of drug-likeness (QED) is 0.774. The van der Waals surface area contributed by atoms with Gasteiger partial charge in [0.2, 0.25) is 0 Å². The van der Waals surface area contributed by atoms with E-state index in [2.05, 4.69) is 65.4 Å². The largest absolute Gasteiger partial charge is 0.304 e. The van der Waals surface area contributed by atoms with Crippen LogP contribution in [0.1, 0.15) is 37.1 Å². The lowest BCUT2D eigenvalue weighted by molar-refractivity contribution is 0.495. The molecule has 0 aliphatic heterocycles. The van der Waals surface area contributed by atoms with Crippen molar-refractivity contribution in [1.82, 2.24) is 5.32 Å². The molecule has 0 spiro atoms. The zero-order chi connectivity index (χ0) is 13.8. The molecule has 0 aromatic heterocycles. The molecule has 2 rings (SSSR count). The van der Waals surface area contributed by atoms with Gasteiger partial charge in [-0.3, -0.25) is 0 Å². The molecular formula is C16H17BrClN. The monoisotopic (exact) mass is 337 g/mol. The van der Waals surface area contributed by atoms with Gasteiger partial charge in [-0.1, -0.05) is 63.9 Å². The molecule has 0 fully saturated rings. The van der Waals surface area contributed by atoms with Crippen molar-refractivity contribution in [3.63, 3.8) is 0 Å². The lowest BCUT2D eigenvalue weighted by Crippen LogP contribution is -2.22. The van der Waals surface area contributed by atoms with Crippen LogP contribution in [0, 0.1) is 0 Å². The molecule has 0 amide bonds. The molecule has 2 atom stereocenters. The van der Waals surface area contributed by atoms with E-state index in [1.807, 2.05) is 18.2 Å². The third-order valence-corrected chi connectivity index (χ3v) is 4.05. The fourth-order valence-corrected chi connectivity index (χ4v) is 2.99. The highest BCUT2D eigenvalue weighted by atomic mass is 79.9. The number of hydrogen-bond acceptors (Lipinski definition) is 1. The van der Waals surface area contributed by atoms with E-state index in [-0.39, 0.29) is 12.1 Å². The van der Waals surface area contributed by atoms with Crippen molar-refractivity contribution in [2.75, 3.05) is 0 Å². The second-order valence-corrected chi connectivity index (χ2v) is 6.01. The summed E-state index contributed by atoms with van der Waals surface area (Å²) in [6.45, 7) is 4.30. The first-order chi connectivity index (χ1) is 9.08. The summed E-state index contributed by atoms with van der Waals surface area (Å²) in [5.74, 6) is 0. The Kier molecular flexibility index (Phi) is 5.03. The minimum atomic E-state index is 0.204. The van der Waals surface area contributed by atoms with E-state index >= 15 is 0 Å². The molecule has 100 valence electrons. The maximum Gasteiger partial charge on any atom is 0.0464 e. The summed E-state index contributed by atoms with van der Waals surface area (Å²) in [6, 6.07) is 16.9. The lowest BCUT2D eigenvalue weighted by Gasteiger charge is -2.21. The molecule has 0 heterocycles. The molecule has 0 saturated heterocycles. The molecule has 1 unspecified atom stereocenters. The molecule has 3 heteroatoms. The summed E-state index contributed by atoms with van der Waals surface area (Å²) < 4.78 is 1.00. The van der Waals surface area contributed by atoms with Gasteiger partial charge in [0.15, 0.2) is 0 Å². The maximum atomic E-state index is 6.28. The number of halogens is 2. The summed E-state index contributed by atoms with van der Waals surface area (Å²) in [5, 5.41) is 4.36.